The van der Waals surface area contributed by atoms with E-state index in [0.29, 0.717) is 27.6 Å². The highest BCUT2D eigenvalue weighted by Gasteiger charge is 2.66. The molecule has 0 bridgehead atoms. The molecule has 0 heterocycles. The number of carbonyl (C=O) groups excluding carboxylic acids is 1. The first-order valence-corrected chi connectivity index (χ1v) is 15.1. The van der Waals surface area contributed by atoms with Crippen molar-refractivity contribution < 1.29 is 9.53 Å². The SMILES string of the molecule is C=C(C)[C@]1(C)CC[C@]2(C)CC[C@]3(C)C4=C(CC[C@@]3(C)[C@@H]2C1)[C@@]1(C)C[13CH2][C@H](OC(C)=O)C(C)(C)C1CC4. The molecule has 0 radical (unpaired) electrons. The van der Waals surface area contributed by atoms with Crippen LogP contribution in [0.5, 0.6) is 0 Å². The molecule has 0 aromatic carbocycles. The number of esters is 1. The first-order chi connectivity index (χ1) is 16.5. The fourth-order valence-corrected chi connectivity index (χ4v) is 11.1. The first kappa shape index (κ1) is 26.6. The second-order valence-electron chi connectivity index (χ2n) is 15.9. The number of rotatable bonds is 2. The highest BCUT2D eigenvalue weighted by molar-refractivity contribution is 5.66. The van der Waals surface area contributed by atoms with Crippen molar-refractivity contribution in [2.45, 2.75) is 139 Å². The van der Waals surface area contributed by atoms with Crippen molar-refractivity contribution in [2.24, 2.45) is 44.3 Å². The maximum absolute atomic E-state index is 11.9. The summed E-state index contributed by atoms with van der Waals surface area (Å²) >= 11 is 0. The van der Waals surface area contributed by atoms with E-state index in [1.54, 1.807) is 6.92 Å². The second-order valence-corrected chi connectivity index (χ2v) is 15.9. The number of ether oxygens (including phenoxy) is 1. The van der Waals surface area contributed by atoms with Gasteiger partial charge in [0.2, 0.25) is 0 Å². The zero-order valence-electron chi connectivity index (χ0n) is 25.0. The molecule has 0 aliphatic heterocycles. The van der Waals surface area contributed by atoms with Gasteiger partial charge in [0.15, 0.2) is 0 Å². The number of hydrogen-bond donors (Lipinski definition) is 0. The molecule has 8 atom stereocenters. The van der Waals surface area contributed by atoms with Crippen LogP contribution in [-0.2, 0) is 9.53 Å². The molecule has 5 rings (SSSR count). The topological polar surface area (TPSA) is 26.3 Å². The Morgan fingerprint density at radius 2 is 1.47 bits per heavy atom. The van der Waals surface area contributed by atoms with Crippen molar-refractivity contribution in [2.75, 3.05) is 0 Å². The lowest BCUT2D eigenvalue weighted by molar-refractivity contribution is -0.170. The average Bonchev–Trinajstić information content (AvgIpc) is 2.78. The molecule has 0 saturated heterocycles. The normalized spacial score (nSPS) is 49.8. The predicted octanol–water partition coefficient (Wildman–Crippen LogP) is 9.44. The summed E-state index contributed by atoms with van der Waals surface area (Å²) in [5.74, 6) is 1.24. The second kappa shape index (κ2) is 7.98. The fraction of sp³-hybridized carbons (Fsp3) is 0.853. The van der Waals surface area contributed by atoms with E-state index in [1.807, 2.05) is 11.1 Å². The third-order valence-electron chi connectivity index (χ3n) is 14.0. The molecule has 2 nitrogen and oxygen atoms in total. The third kappa shape index (κ3) is 3.37. The highest BCUT2D eigenvalue weighted by atomic mass is 16.5. The summed E-state index contributed by atoms with van der Waals surface area (Å²) in [6.45, 7) is 26.2. The number of allylic oxidation sites excluding steroid dienone is 3. The minimum Gasteiger partial charge on any atom is -0.462 e. The van der Waals surface area contributed by atoms with Crippen LogP contribution in [0.4, 0.5) is 0 Å². The molecule has 0 aromatic rings. The van der Waals surface area contributed by atoms with Crippen LogP contribution in [0.3, 0.4) is 0 Å². The molecule has 2 heteroatoms. The quantitative estimate of drug-likeness (QED) is 0.217. The van der Waals surface area contributed by atoms with Gasteiger partial charge in [0.1, 0.15) is 6.10 Å². The molecule has 3 saturated carbocycles. The first-order valence-electron chi connectivity index (χ1n) is 15.1. The van der Waals surface area contributed by atoms with Crippen molar-refractivity contribution in [3.05, 3.63) is 23.3 Å². The van der Waals surface area contributed by atoms with Crippen LogP contribution in [0.2, 0.25) is 0 Å². The van der Waals surface area contributed by atoms with E-state index in [2.05, 4.69) is 62.0 Å². The van der Waals surface area contributed by atoms with Crippen molar-refractivity contribution in [1.29, 1.82) is 0 Å². The summed E-state index contributed by atoms with van der Waals surface area (Å²) < 4.78 is 5.91. The van der Waals surface area contributed by atoms with Crippen LogP contribution in [-0.4, -0.2) is 12.1 Å². The minimum absolute atomic E-state index is 0.0245. The lowest BCUT2D eigenvalue weighted by Gasteiger charge is -2.70. The van der Waals surface area contributed by atoms with Gasteiger partial charge in [-0.15, -0.1) is 0 Å². The van der Waals surface area contributed by atoms with Crippen molar-refractivity contribution in [1.82, 2.24) is 0 Å². The Morgan fingerprint density at radius 3 is 2.11 bits per heavy atom. The van der Waals surface area contributed by atoms with E-state index >= 15 is 0 Å². The Morgan fingerprint density at radius 1 is 0.806 bits per heavy atom. The van der Waals surface area contributed by atoms with Crippen LogP contribution in [0.1, 0.15) is 133 Å². The Bertz CT molecular complexity index is 1000. The molecule has 202 valence electrons. The summed E-state index contributed by atoms with van der Waals surface area (Å²) in [7, 11) is 0. The van der Waals surface area contributed by atoms with Gasteiger partial charge in [-0.05, 0) is 116 Å². The Hall–Kier alpha value is -1.05. The zero-order chi connectivity index (χ0) is 26.5. The van der Waals surface area contributed by atoms with E-state index in [9.17, 15) is 4.79 Å². The Kier molecular flexibility index (Phi) is 5.89. The van der Waals surface area contributed by atoms with E-state index in [0.717, 1.165) is 12.3 Å². The number of fused-ring (bicyclic) bond motifs is 6. The van der Waals surface area contributed by atoms with Gasteiger partial charge in [0, 0.05) is 12.3 Å². The van der Waals surface area contributed by atoms with Gasteiger partial charge in [-0.2, -0.15) is 0 Å². The molecule has 3 fully saturated rings. The van der Waals surface area contributed by atoms with Gasteiger partial charge < -0.3 is 4.74 Å². The van der Waals surface area contributed by atoms with E-state index < -0.39 is 0 Å². The standard InChI is InChI=1S/C34H54O2/c1-22(2)31(7)18-17-30(6)19-20-33(9)25-11-12-26-29(4,5)28(36-23(3)35)14-15-32(26,8)24(25)13-16-34(33,10)27(30)21-31/h26-28H,1,11-21H2,2-10H3/t26?,27-,28+,30-,31-,32-,33-,34+/m1/s1/i14+1. The summed E-state index contributed by atoms with van der Waals surface area (Å²) in [6.07, 6.45) is 14.1. The van der Waals surface area contributed by atoms with E-state index in [4.69, 9.17) is 4.74 Å². The summed E-state index contributed by atoms with van der Waals surface area (Å²) in [6, 6.07) is 0. The van der Waals surface area contributed by atoms with Gasteiger partial charge in [-0.25, -0.2) is 0 Å². The number of hydrogen-bond acceptors (Lipinski definition) is 2. The molecule has 0 amide bonds. The molecule has 0 spiro atoms. The van der Waals surface area contributed by atoms with Crippen LogP contribution in [0.15, 0.2) is 23.3 Å². The van der Waals surface area contributed by atoms with Crippen LogP contribution >= 0.6 is 0 Å². The molecule has 0 aromatic heterocycles. The lowest BCUT2D eigenvalue weighted by atomic mass is 9.35. The molecule has 5 aliphatic carbocycles. The molecular formula is C34H54O2. The maximum Gasteiger partial charge on any atom is 0.302 e. The summed E-state index contributed by atoms with van der Waals surface area (Å²) in [5, 5.41) is 0. The molecule has 0 N–H and O–H groups in total. The van der Waals surface area contributed by atoms with Crippen LogP contribution in [0.25, 0.3) is 0 Å². The van der Waals surface area contributed by atoms with Crippen LogP contribution < -0.4 is 0 Å². The molecule has 5 aliphatic rings. The smallest absolute Gasteiger partial charge is 0.302 e. The van der Waals surface area contributed by atoms with Gasteiger partial charge in [0.05, 0.1) is 0 Å². The average molecular weight is 496 g/mol. The van der Waals surface area contributed by atoms with Gasteiger partial charge in [-0.1, -0.05) is 71.8 Å². The lowest BCUT2D eigenvalue weighted by Crippen LogP contribution is -2.61. The van der Waals surface area contributed by atoms with Crippen molar-refractivity contribution in [3.63, 3.8) is 0 Å². The van der Waals surface area contributed by atoms with Gasteiger partial charge in [0.25, 0.3) is 0 Å². The zero-order valence-corrected chi connectivity index (χ0v) is 25.0. The van der Waals surface area contributed by atoms with Gasteiger partial charge >= 0.3 is 5.97 Å². The highest BCUT2D eigenvalue weighted by Crippen LogP contribution is 2.75. The van der Waals surface area contributed by atoms with Gasteiger partial charge in [-0.3, -0.25) is 4.79 Å². The number of carbonyl (C=O) groups is 1. The summed E-state index contributed by atoms with van der Waals surface area (Å²) in [5.41, 5.74) is 6.81. The van der Waals surface area contributed by atoms with E-state index in [1.165, 1.54) is 69.8 Å². The molecule has 36 heavy (non-hydrogen) atoms. The van der Waals surface area contributed by atoms with Crippen LogP contribution in [0, 0.1) is 44.3 Å². The Labute approximate surface area is 222 Å². The molecular weight excluding hydrogens is 441 g/mol. The van der Waals surface area contributed by atoms with Crippen molar-refractivity contribution in [3.8, 4) is 0 Å². The van der Waals surface area contributed by atoms with E-state index in [-0.39, 0.29) is 22.9 Å². The molecule has 1 unspecified atom stereocenters. The third-order valence-corrected chi connectivity index (χ3v) is 14.0. The maximum atomic E-state index is 11.9. The summed E-state index contributed by atoms with van der Waals surface area (Å²) in [4.78, 5) is 11.9. The monoisotopic (exact) mass is 495 g/mol. The fourth-order valence-electron chi connectivity index (χ4n) is 11.1. The Balaban J connectivity index is 1.54. The minimum atomic E-state index is -0.118. The predicted molar refractivity (Wildman–Crippen MR) is 149 cm³/mol. The largest absolute Gasteiger partial charge is 0.462 e. The van der Waals surface area contributed by atoms with Crippen molar-refractivity contribution >= 4 is 5.97 Å².